The van der Waals surface area contributed by atoms with Gasteiger partial charge in [0.1, 0.15) is 12.4 Å². The van der Waals surface area contributed by atoms with Gasteiger partial charge in [0.05, 0.1) is 48.5 Å². The zero-order valence-electron chi connectivity index (χ0n) is 15.8. The molecule has 2 aromatic heterocycles. The fourth-order valence-corrected chi connectivity index (χ4v) is 3.91. The number of aromatic nitrogens is 3. The lowest BCUT2D eigenvalue weighted by Gasteiger charge is -2.20. The Bertz CT molecular complexity index is 1040. The van der Waals surface area contributed by atoms with Crippen molar-refractivity contribution in [3.63, 3.8) is 0 Å². The monoisotopic (exact) mass is 417 g/mol. The number of carbonyl (C=O) groups is 1. The van der Waals surface area contributed by atoms with Crippen LogP contribution in [0.3, 0.4) is 0 Å². The minimum Gasteiger partial charge on any atom is -0.480 e. The Morgan fingerprint density at radius 3 is 2.86 bits per heavy atom. The second-order valence-electron chi connectivity index (χ2n) is 7.00. The standard InChI is InChI=1S/C20H21ClFN5O2/c21-14-3-4-16-15(9-14)24-19(27(16)8-2-1-6-22)11-25-13-26(12-20(28)29)17-5-7-23-10-18(17)25/h3-5,7,9-10H,1-2,6,8,11-13H2,(H,28,29). The van der Waals surface area contributed by atoms with Crippen molar-refractivity contribution in [1.29, 1.82) is 0 Å². The number of alkyl halides is 1. The number of hydrogen-bond donors (Lipinski definition) is 1. The zero-order chi connectivity index (χ0) is 20.4. The zero-order valence-corrected chi connectivity index (χ0v) is 16.5. The molecular weight excluding hydrogens is 397 g/mol. The largest absolute Gasteiger partial charge is 0.480 e. The third-order valence-electron chi connectivity index (χ3n) is 5.01. The van der Waals surface area contributed by atoms with E-state index in [0.29, 0.717) is 37.6 Å². The summed E-state index contributed by atoms with van der Waals surface area (Å²) in [7, 11) is 0. The second-order valence-corrected chi connectivity index (χ2v) is 7.44. The number of imidazole rings is 1. The van der Waals surface area contributed by atoms with E-state index in [1.165, 1.54) is 0 Å². The Morgan fingerprint density at radius 2 is 2.07 bits per heavy atom. The SMILES string of the molecule is O=C(O)CN1CN(Cc2nc3cc(Cl)ccc3n2CCCCF)c2cnccc21. The molecule has 4 rings (SSSR count). The Morgan fingerprint density at radius 1 is 1.21 bits per heavy atom. The highest BCUT2D eigenvalue weighted by Gasteiger charge is 2.28. The van der Waals surface area contributed by atoms with Crippen LogP contribution in [0.4, 0.5) is 15.8 Å². The average molecular weight is 418 g/mol. The number of anilines is 2. The predicted octanol–water partition coefficient (Wildman–Crippen LogP) is 3.70. The number of halogens is 2. The van der Waals surface area contributed by atoms with Crippen molar-refractivity contribution in [1.82, 2.24) is 14.5 Å². The van der Waals surface area contributed by atoms with Gasteiger partial charge in [-0.15, -0.1) is 0 Å². The fraction of sp³-hybridized carbons (Fsp3) is 0.350. The highest BCUT2D eigenvalue weighted by molar-refractivity contribution is 6.31. The molecule has 1 aromatic carbocycles. The van der Waals surface area contributed by atoms with Crippen molar-refractivity contribution >= 4 is 40.0 Å². The minimum absolute atomic E-state index is 0.0873. The molecule has 0 spiro atoms. The first-order valence-electron chi connectivity index (χ1n) is 9.43. The lowest BCUT2D eigenvalue weighted by Crippen LogP contribution is -2.34. The first-order valence-corrected chi connectivity index (χ1v) is 9.81. The van der Waals surface area contributed by atoms with E-state index in [0.717, 1.165) is 28.2 Å². The number of pyridine rings is 1. The van der Waals surface area contributed by atoms with E-state index in [1.807, 2.05) is 24.3 Å². The number of unbranched alkanes of at least 4 members (excludes halogenated alkanes) is 1. The van der Waals surface area contributed by atoms with Crippen LogP contribution in [0.5, 0.6) is 0 Å². The number of aliphatic carboxylic acids is 1. The van der Waals surface area contributed by atoms with Gasteiger partial charge in [-0.1, -0.05) is 11.6 Å². The van der Waals surface area contributed by atoms with Gasteiger partial charge in [0, 0.05) is 17.8 Å². The van der Waals surface area contributed by atoms with Crippen LogP contribution in [0.25, 0.3) is 11.0 Å². The van der Waals surface area contributed by atoms with Gasteiger partial charge in [-0.2, -0.15) is 0 Å². The molecule has 3 aromatic rings. The van der Waals surface area contributed by atoms with E-state index in [9.17, 15) is 14.3 Å². The normalized spacial score (nSPS) is 13.3. The maximum absolute atomic E-state index is 12.6. The lowest BCUT2D eigenvalue weighted by atomic mass is 10.3. The van der Waals surface area contributed by atoms with Crippen molar-refractivity contribution in [3.8, 4) is 0 Å². The molecule has 3 heterocycles. The van der Waals surface area contributed by atoms with Crippen LogP contribution in [0.15, 0.2) is 36.7 Å². The van der Waals surface area contributed by atoms with Crippen LogP contribution < -0.4 is 9.80 Å². The first kappa shape index (κ1) is 19.4. The van der Waals surface area contributed by atoms with E-state index >= 15 is 0 Å². The second kappa shape index (κ2) is 8.24. The number of fused-ring (bicyclic) bond motifs is 2. The molecule has 1 N–H and O–H groups in total. The Balaban J connectivity index is 1.66. The van der Waals surface area contributed by atoms with Crippen molar-refractivity contribution in [3.05, 3.63) is 47.5 Å². The summed E-state index contributed by atoms with van der Waals surface area (Å²) in [5, 5.41) is 9.84. The van der Waals surface area contributed by atoms with Gasteiger partial charge >= 0.3 is 5.97 Å². The maximum atomic E-state index is 12.6. The summed E-state index contributed by atoms with van der Waals surface area (Å²) in [5.41, 5.74) is 3.46. The van der Waals surface area contributed by atoms with Crippen molar-refractivity contribution in [2.45, 2.75) is 25.9 Å². The van der Waals surface area contributed by atoms with E-state index in [2.05, 4.69) is 14.5 Å². The predicted molar refractivity (Wildman–Crippen MR) is 110 cm³/mol. The Labute approximate surface area is 172 Å². The van der Waals surface area contributed by atoms with Crippen LogP contribution in [0, 0.1) is 0 Å². The molecule has 1 aliphatic rings. The number of carboxylic acids is 1. The molecule has 1 aliphatic heterocycles. The average Bonchev–Trinajstić information content (AvgIpc) is 3.20. The molecular formula is C20H21ClFN5O2. The molecule has 0 radical (unpaired) electrons. The van der Waals surface area contributed by atoms with Gasteiger partial charge in [-0.3, -0.25) is 14.2 Å². The number of rotatable bonds is 8. The summed E-state index contributed by atoms with van der Waals surface area (Å²) in [5.74, 6) is -0.0594. The molecule has 0 amide bonds. The van der Waals surface area contributed by atoms with Gasteiger partial charge in [0.25, 0.3) is 0 Å². The lowest BCUT2D eigenvalue weighted by molar-refractivity contribution is -0.135. The van der Waals surface area contributed by atoms with E-state index in [4.69, 9.17) is 16.6 Å². The third-order valence-corrected chi connectivity index (χ3v) is 5.25. The highest BCUT2D eigenvalue weighted by atomic mass is 35.5. The molecule has 0 saturated carbocycles. The van der Waals surface area contributed by atoms with Gasteiger partial charge < -0.3 is 19.5 Å². The molecule has 152 valence electrons. The van der Waals surface area contributed by atoms with Crippen LogP contribution in [0.1, 0.15) is 18.7 Å². The molecule has 0 aliphatic carbocycles. The van der Waals surface area contributed by atoms with Gasteiger partial charge in [0.15, 0.2) is 0 Å². The van der Waals surface area contributed by atoms with E-state index < -0.39 is 5.97 Å². The quantitative estimate of drug-likeness (QED) is 0.563. The Kier molecular flexibility index (Phi) is 5.53. The maximum Gasteiger partial charge on any atom is 0.323 e. The summed E-state index contributed by atoms with van der Waals surface area (Å²) < 4.78 is 14.7. The van der Waals surface area contributed by atoms with Crippen LogP contribution in [-0.2, 0) is 17.9 Å². The smallest absolute Gasteiger partial charge is 0.323 e. The van der Waals surface area contributed by atoms with Crippen molar-refractivity contribution < 1.29 is 14.3 Å². The van der Waals surface area contributed by atoms with Crippen LogP contribution in [-0.4, -0.2) is 45.5 Å². The fourth-order valence-electron chi connectivity index (χ4n) is 3.74. The van der Waals surface area contributed by atoms with Crippen molar-refractivity contribution in [2.75, 3.05) is 29.7 Å². The number of benzene rings is 1. The molecule has 9 heteroatoms. The molecule has 0 saturated heterocycles. The molecule has 0 atom stereocenters. The van der Waals surface area contributed by atoms with E-state index in [-0.39, 0.29) is 13.2 Å². The summed E-state index contributed by atoms with van der Waals surface area (Å²) >= 11 is 6.13. The molecule has 0 unspecified atom stereocenters. The van der Waals surface area contributed by atoms with Gasteiger partial charge in [-0.25, -0.2) is 4.98 Å². The summed E-state index contributed by atoms with van der Waals surface area (Å²) in [6.07, 6.45) is 4.60. The number of carboxylic acid groups (broad SMARTS) is 1. The molecule has 29 heavy (non-hydrogen) atoms. The summed E-state index contributed by atoms with van der Waals surface area (Å²) in [6.45, 7) is 1.14. The number of nitrogens with zero attached hydrogens (tertiary/aromatic N) is 5. The third kappa shape index (κ3) is 3.98. The number of aryl methyl sites for hydroxylation is 1. The Hall–Kier alpha value is -2.87. The van der Waals surface area contributed by atoms with Crippen LogP contribution in [0.2, 0.25) is 5.02 Å². The van der Waals surface area contributed by atoms with E-state index in [1.54, 1.807) is 17.3 Å². The summed E-state index contributed by atoms with van der Waals surface area (Å²) in [4.78, 5) is 24.1. The van der Waals surface area contributed by atoms with Gasteiger partial charge in [0.2, 0.25) is 0 Å². The van der Waals surface area contributed by atoms with Crippen molar-refractivity contribution in [2.24, 2.45) is 0 Å². The molecule has 7 nitrogen and oxygen atoms in total. The molecule has 0 bridgehead atoms. The summed E-state index contributed by atoms with van der Waals surface area (Å²) in [6, 6.07) is 7.40. The highest BCUT2D eigenvalue weighted by Crippen LogP contribution is 2.36. The topological polar surface area (TPSA) is 74.5 Å². The molecule has 0 fully saturated rings. The number of hydrogen-bond acceptors (Lipinski definition) is 5. The minimum atomic E-state index is -0.886. The van der Waals surface area contributed by atoms with Crippen LogP contribution >= 0.6 is 11.6 Å². The van der Waals surface area contributed by atoms with Gasteiger partial charge in [-0.05, 0) is 37.1 Å². The first-order chi connectivity index (χ1) is 14.1.